The van der Waals surface area contributed by atoms with E-state index in [4.69, 9.17) is 5.11 Å². The highest BCUT2D eigenvalue weighted by molar-refractivity contribution is 5.85. The van der Waals surface area contributed by atoms with Crippen molar-refractivity contribution < 1.29 is 9.90 Å². The number of carbonyl (C=O) groups is 1. The summed E-state index contributed by atoms with van der Waals surface area (Å²) >= 11 is 0. The Labute approximate surface area is 84.3 Å². The predicted octanol–water partition coefficient (Wildman–Crippen LogP) is 2.62. The first-order valence-corrected chi connectivity index (χ1v) is 5.25. The van der Waals surface area contributed by atoms with E-state index >= 15 is 0 Å². The number of rotatable bonds is 3. The van der Waals surface area contributed by atoms with Gasteiger partial charge in [-0.2, -0.15) is 0 Å². The molecule has 0 aromatic rings. The van der Waals surface area contributed by atoms with Crippen molar-refractivity contribution in [2.45, 2.75) is 26.2 Å². The Morgan fingerprint density at radius 1 is 1.50 bits per heavy atom. The lowest BCUT2D eigenvalue weighted by Gasteiger charge is -2.15. The van der Waals surface area contributed by atoms with E-state index in [2.05, 4.69) is 12.2 Å². The maximum Gasteiger partial charge on any atom is 0.330 e. The van der Waals surface area contributed by atoms with Gasteiger partial charge in [-0.25, -0.2) is 4.79 Å². The molecule has 1 N–H and O–H groups in total. The number of hydrogen-bond donors (Lipinski definition) is 1. The lowest BCUT2D eigenvalue weighted by Crippen LogP contribution is -2.06. The second-order valence-electron chi connectivity index (χ2n) is 4.47. The second-order valence-corrected chi connectivity index (χ2v) is 4.47. The van der Waals surface area contributed by atoms with Gasteiger partial charge in [0.2, 0.25) is 0 Å². The molecule has 0 amide bonds. The van der Waals surface area contributed by atoms with E-state index in [1.807, 2.05) is 6.08 Å². The van der Waals surface area contributed by atoms with E-state index in [0.717, 1.165) is 18.3 Å². The van der Waals surface area contributed by atoms with Crippen molar-refractivity contribution in [3.63, 3.8) is 0 Å². The van der Waals surface area contributed by atoms with E-state index in [0.29, 0.717) is 11.5 Å². The highest BCUT2D eigenvalue weighted by atomic mass is 16.4. The number of carboxylic acid groups (broad SMARTS) is 1. The maximum absolute atomic E-state index is 10.6. The summed E-state index contributed by atoms with van der Waals surface area (Å²) in [5.41, 5.74) is 0.483. The molecule has 2 aliphatic carbocycles. The Hall–Kier alpha value is -1.05. The molecule has 0 heterocycles. The topological polar surface area (TPSA) is 37.3 Å². The fourth-order valence-electron chi connectivity index (χ4n) is 2.58. The summed E-state index contributed by atoms with van der Waals surface area (Å²) in [6.07, 6.45) is 9.98. The third kappa shape index (κ3) is 1.74. The quantitative estimate of drug-likeness (QED) is 0.551. The molecule has 0 saturated heterocycles. The smallest absolute Gasteiger partial charge is 0.330 e. The van der Waals surface area contributed by atoms with Gasteiger partial charge in [-0.15, -0.1) is 0 Å². The SMILES string of the molecule is C/C(=C\CC1CC2C=CC1C2)C(=O)O. The van der Waals surface area contributed by atoms with Crippen LogP contribution in [-0.2, 0) is 4.79 Å². The highest BCUT2D eigenvalue weighted by Gasteiger charge is 2.34. The summed E-state index contributed by atoms with van der Waals surface area (Å²) in [6, 6.07) is 0. The van der Waals surface area contributed by atoms with Crippen molar-refractivity contribution in [1.82, 2.24) is 0 Å². The number of allylic oxidation sites excluding steroid dienone is 3. The Morgan fingerprint density at radius 3 is 2.79 bits per heavy atom. The van der Waals surface area contributed by atoms with Gasteiger partial charge in [0.15, 0.2) is 0 Å². The van der Waals surface area contributed by atoms with Crippen molar-refractivity contribution in [1.29, 1.82) is 0 Å². The average molecular weight is 192 g/mol. The van der Waals surface area contributed by atoms with Crippen molar-refractivity contribution in [2.75, 3.05) is 0 Å². The predicted molar refractivity (Wildman–Crippen MR) is 54.9 cm³/mol. The Balaban J connectivity index is 1.91. The van der Waals surface area contributed by atoms with Gasteiger partial charge in [-0.05, 0) is 43.9 Å². The first-order chi connectivity index (χ1) is 6.66. The van der Waals surface area contributed by atoms with Crippen LogP contribution in [0.5, 0.6) is 0 Å². The minimum Gasteiger partial charge on any atom is -0.478 e. The molecular formula is C12H16O2. The van der Waals surface area contributed by atoms with E-state index < -0.39 is 5.97 Å². The van der Waals surface area contributed by atoms with E-state index in [9.17, 15) is 4.79 Å². The van der Waals surface area contributed by atoms with Gasteiger partial charge in [-0.3, -0.25) is 0 Å². The normalized spacial score (nSPS) is 35.2. The van der Waals surface area contributed by atoms with Crippen LogP contribution in [0.25, 0.3) is 0 Å². The van der Waals surface area contributed by atoms with Crippen LogP contribution < -0.4 is 0 Å². The van der Waals surface area contributed by atoms with Crippen LogP contribution in [0.2, 0.25) is 0 Å². The molecule has 2 bridgehead atoms. The lowest BCUT2D eigenvalue weighted by atomic mass is 9.90. The van der Waals surface area contributed by atoms with Gasteiger partial charge in [0.1, 0.15) is 0 Å². The van der Waals surface area contributed by atoms with Crippen molar-refractivity contribution in [3.8, 4) is 0 Å². The molecule has 2 heteroatoms. The molecular weight excluding hydrogens is 176 g/mol. The second kappa shape index (κ2) is 3.60. The van der Waals surface area contributed by atoms with E-state index in [1.165, 1.54) is 12.8 Å². The lowest BCUT2D eigenvalue weighted by molar-refractivity contribution is -0.132. The first kappa shape index (κ1) is 9.50. The van der Waals surface area contributed by atoms with Crippen LogP contribution >= 0.6 is 0 Å². The molecule has 2 aliphatic rings. The van der Waals surface area contributed by atoms with Gasteiger partial charge < -0.3 is 5.11 Å². The first-order valence-electron chi connectivity index (χ1n) is 5.25. The molecule has 2 nitrogen and oxygen atoms in total. The summed E-state index contributed by atoms with van der Waals surface area (Å²) in [7, 11) is 0. The van der Waals surface area contributed by atoms with Gasteiger partial charge >= 0.3 is 5.97 Å². The maximum atomic E-state index is 10.6. The molecule has 3 unspecified atom stereocenters. The summed E-state index contributed by atoms with van der Waals surface area (Å²) in [6.45, 7) is 1.67. The standard InChI is InChI=1S/C12H16O2/c1-8(12(13)14)2-4-10-6-9-3-5-11(10)7-9/h2-3,5,9-11H,4,6-7H2,1H3,(H,13,14)/b8-2+. The summed E-state index contributed by atoms with van der Waals surface area (Å²) in [5, 5.41) is 8.71. The molecule has 0 spiro atoms. The molecule has 3 atom stereocenters. The monoisotopic (exact) mass is 192 g/mol. The zero-order chi connectivity index (χ0) is 10.1. The van der Waals surface area contributed by atoms with Gasteiger partial charge in [0.25, 0.3) is 0 Å². The molecule has 0 aliphatic heterocycles. The van der Waals surface area contributed by atoms with Crippen LogP contribution in [0.15, 0.2) is 23.8 Å². The number of fused-ring (bicyclic) bond motifs is 2. The molecule has 14 heavy (non-hydrogen) atoms. The third-order valence-electron chi connectivity index (χ3n) is 3.48. The van der Waals surface area contributed by atoms with Gasteiger partial charge in [0.05, 0.1) is 0 Å². The summed E-state index contributed by atoms with van der Waals surface area (Å²) in [5.74, 6) is 1.41. The fourth-order valence-corrected chi connectivity index (χ4v) is 2.58. The molecule has 1 saturated carbocycles. The minimum absolute atomic E-state index is 0.483. The molecule has 0 aromatic carbocycles. The number of carboxylic acids is 1. The Kier molecular flexibility index (Phi) is 2.44. The van der Waals surface area contributed by atoms with Crippen LogP contribution in [0.4, 0.5) is 0 Å². The van der Waals surface area contributed by atoms with Crippen LogP contribution in [0.1, 0.15) is 26.2 Å². The molecule has 0 radical (unpaired) electrons. The van der Waals surface area contributed by atoms with Crippen LogP contribution in [-0.4, -0.2) is 11.1 Å². The van der Waals surface area contributed by atoms with Gasteiger partial charge in [-0.1, -0.05) is 18.2 Å². The molecule has 76 valence electrons. The van der Waals surface area contributed by atoms with Crippen molar-refractivity contribution >= 4 is 5.97 Å². The van der Waals surface area contributed by atoms with Crippen molar-refractivity contribution in [3.05, 3.63) is 23.8 Å². The Morgan fingerprint density at radius 2 is 2.29 bits per heavy atom. The summed E-state index contributed by atoms with van der Waals surface area (Å²) < 4.78 is 0. The zero-order valence-electron chi connectivity index (χ0n) is 8.44. The number of hydrogen-bond acceptors (Lipinski definition) is 1. The molecule has 2 rings (SSSR count). The van der Waals surface area contributed by atoms with Gasteiger partial charge in [0, 0.05) is 5.57 Å². The van der Waals surface area contributed by atoms with Crippen LogP contribution in [0.3, 0.4) is 0 Å². The number of aliphatic carboxylic acids is 1. The minimum atomic E-state index is -0.788. The largest absolute Gasteiger partial charge is 0.478 e. The highest BCUT2D eigenvalue weighted by Crippen LogP contribution is 2.45. The van der Waals surface area contributed by atoms with E-state index in [-0.39, 0.29) is 0 Å². The molecule has 0 aromatic heterocycles. The zero-order valence-corrected chi connectivity index (χ0v) is 8.44. The molecule has 1 fully saturated rings. The van der Waals surface area contributed by atoms with Crippen LogP contribution in [0, 0.1) is 17.8 Å². The third-order valence-corrected chi connectivity index (χ3v) is 3.48. The Bertz CT molecular complexity index is 301. The van der Waals surface area contributed by atoms with Crippen molar-refractivity contribution in [2.24, 2.45) is 17.8 Å². The fraction of sp³-hybridized carbons (Fsp3) is 0.583. The van der Waals surface area contributed by atoms with E-state index in [1.54, 1.807) is 6.92 Å². The summed E-state index contributed by atoms with van der Waals surface area (Å²) in [4.78, 5) is 10.6. The average Bonchev–Trinajstić information content (AvgIpc) is 2.74.